The number of pyridine rings is 1. The van der Waals surface area contributed by atoms with E-state index in [1.165, 1.54) is 37.0 Å². The van der Waals surface area contributed by atoms with Crippen LogP contribution in [0.5, 0.6) is 0 Å². The molecule has 1 aliphatic carbocycles. The number of piperidine rings is 1. The van der Waals surface area contributed by atoms with Gasteiger partial charge in [-0.2, -0.15) is 0 Å². The van der Waals surface area contributed by atoms with Crippen LogP contribution in [0, 0.1) is 17.6 Å². The predicted octanol–water partition coefficient (Wildman–Crippen LogP) is 4.39. The molecule has 46 heavy (non-hydrogen) atoms. The number of urea groups is 2. The molecule has 0 bridgehead atoms. The van der Waals surface area contributed by atoms with Crippen LogP contribution in [-0.2, 0) is 19.7 Å². The zero-order valence-corrected chi connectivity index (χ0v) is 25.8. The molecule has 3 heterocycles. The van der Waals surface area contributed by atoms with Gasteiger partial charge in [-0.1, -0.05) is 36.4 Å². The second kappa shape index (κ2) is 13.1. The molecule has 6 rings (SSSR count). The Bertz CT molecular complexity index is 1580. The van der Waals surface area contributed by atoms with Gasteiger partial charge in [0.25, 0.3) is 0 Å². The summed E-state index contributed by atoms with van der Waals surface area (Å²) in [5.74, 6) is -4.14. The molecule has 3 aliphatic rings. The molecule has 2 N–H and O–H groups in total. The molecule has 1 spiro atoms. The maximum absolute atomic E-state index is 14.3. The van der Waals surface area contributed by atoms with Crippen molar-refractivity contribution in [2.45, 2.75) is 36.8 Å². The van der Waals surface area contributed by atoms with E-state index in [-0.39, 0.29) is 24.1 Å². The summed E-state index contributed by atoms with van der Waals surface area (Å²) >= 11 is 0. The average Bonchev–Trinajstić information content (AvgIpc) is 3.34. The van der Waals surface area contributed by atoms with Gasteiger partial charge in [-0.25, -0.2) is 23.3 Å². The van der Waals surface area contributed by atoms with Gasteiger partial charge in [-0.15, -0.1) is 0 Å². The maximum atomic E-state index is 14.3. The van der Waals surface area contributed by atoms with Gasteiger partial charge in [-0.3, -0.25) is 9.78 Å². The molecule has 2 fully saturated rings. The van der Waals surface area contributed by atoms with Gasteiger partial charge < -0.3 is 25.0 Å². The van der Waals surface area contributed by atoms with Crippen molar-refractivity contribution in [1.29, 1.82) is 0 Å². The van der Waals surface area contributed by atoms with Crippen LogP contribution in [0.1, 0.15) is 42.1 Å². The first-order valence-electron chi connectivity index (χ1n) is 15.5. The van der Waals surface area contributed by atoms with Crippen molar-refractivity contribution in [3.63, 3.8) is 0 Å². The number of carbonyl (C=O) groups excluding carboxylic acids is 3. The first-order valence-corrected chi connectivity index (χ1v) is 15.5. The minimum atomic E-state index is -1.26. The van der Waals surface area contributed by atoms with E-state index in [2.05, 4.69) is 45.9 Å². The largest absolute Gasteiger partial charge is 0.469 e. The average molecular weight is 634 g/mol. The normalized spacial score (nSPS) is 21.8. The number of benzene rings is 2. The van der Waals surface area contributed by atoms with E-state index in [9.17, 15) is 23.2 Å². The van der Waals surface area contributed by atoms with Gasteiger partial charge in [0.1, 0.15) is 5.92 Å². The topological polar surface area (TPSA) is 113 Å². The number of hydrogen-bond donors (Lipinski definition) is 2. The summed E-state index contributed by atoms with van der Waals surface area (Å²) in [7, 11) is 2.58. The first kappa shape index (κ1) is 31.6. The third-order valence-corrected chi connectivity index (χ3v) is 9.53. The Hall–Kier alpha value is -4.42. The van der Waals surface area contributed by atoms with E-state index in [4.69, 9.17) is 14.5 Å². The number of fused-ring (bicyclic) bond motifs is 5. The minimum Gasteiger partial charge on any atom is -0.469 e. The number of aromatic nitrogens is 1. The molecule has 0 radical (unpaired) electrons. The Morgan fingerprint density at radius 2 is 1.80 bits per heavy atom. The molecule has 4 amide bonds. The van der Waals surface area contributed by atoms with Crippen LogP contribution in [-0.4, -0.2) is 85.9 Å². The number of likely N-dealkylation sites (tertiary alicyclic amines) is 1. The number of hydrogen-bond acceptors (Lipinski definition) is 7. The predicted molar refractivity (Wildman–Crippen MR) is 165 cm³/mol. The molecule has 10 nitrogen and oxygen atoms in total. The summed E-state index contributed by atoms with van der Waals surface area (Å²) in [5.41, 5.74) is 4.92. The van der Waals surface area contributed by atoms with E-state index in [1.807, 2.05) is 12.3 Å². The highest BCUT2D eigenvalue weighted by molar-refractivity contribution is 5.96. The van der Waals surface area contributed by atoms with Crippen LogP contribution in [0.25, 0.3) is 11.1 Å². The van der Waals surface area contributed by atoms with Crippen molar-refractivity contribution in [1.82, 2.24) is 25.4 Å². The first-order chi connectivity index (χ1) is 22.3. The van der Waals surface area contributed by atoms with Crippen molar-refractivity contribution in [2.24, 2.45) is 5.92 Å². The number of imide groups is 1. The smallest absolute Gasteiger partial charge is 0.326 e. The van der Waals surface area contributed by atoms with Gasteiger partial charge >= 0.3 is 18.0 Å². The van der Waals surface area contributed by atoms with Gasteiger partial charge in [-0.05, 0) is 73.8 Å². The van der Waals surface area contributed by atoms with Gasteiger partial charge in [0, 0.05) is 30.8 Å². The lowest BCUT2D eigenvalue weighted by Gasteiger charge is -2.43. The number of nitrogens with one attached hydrogen (secondary N) is 2. The van der Waals surface area contributed by atoms with Crippen LogP contribution in [0.4, 0.5) is 18.4 Å². The molecular weight excluding hydrogens is 596 g/mol. The summed E-state index contributed by atoms with van der Waals surface area (Å²) in [6.45, 7) is 2.66. The number of esters is 1. The number of nitrogens with zero attached hydrogens (tertiary/aromatic N) is 3. The third kappa shape index (κ3) is 5.60. The lowest BCUT2D eigenvalue weighted by molar-refractivity contribution is -0.150. The molecule has 12 heteroatoms. The maximum Gasteiger partial charge on any atom is 0.326 e. The number of ether oxygens (including phenoxy) is 2. The number of carbonyl (C=O) groups is 3. The Morgan fingerprint density at radius 1 is 1.04 bits per heavy atom. The van der Waals surface area contributed by atoms with Crippen LogP contribution in [0.2, 0.25) is 0 Å². The number of rotatable bonds is 8. The molecule has 3 unspecified atom stereocenters. The highest BCUT2D eigenvalue weighted by Gasteiger charge is 2.50. The molecular formula is C34H37F2N5O5. The lowest BCUT2D eigenvalue weighted by atomic mass is 9.73. The fraction of sp³-hybridized carbons (Fsp3) is 0.412. The van der Waals surface area contributed by atoms with Crippen molar-refractivity contribution in [3.8, 4) is 11.1 Å². The fourth-order valence-electron chi connectivity index (χ4n) is 7.36. The molecule has 2 aliphatic heterocycles. The molecule has 2 saturated heterocycles. The standard InChI is InChI=1S/C34H37F2N5O5/c1-45-20-27-28(31(42)46-2)29(21-10-11-25(35)26(36)19-21)41(33(44)39-27)32(43)38-15-6-16-40-17-12-34(13-18-40)24-9-4-3-7-22(24)23-8-5-14-37-30(23)34/h3-5,7-11,14,19,27-29H,6,12-13,15-18,20H2,1-2H3,(H,38,43)(H,39,44). The molecule has 2 aromatic carbocycles. The van der Waals surface area contributed by atoms with Gasteiger partial charge in [0.15, 0.2) is 11.6 Å². The SMILES string of the molecule is COCC1NC(=O)N(C(=O)NCCCN2CCC3(CC2)c2ccccc2-c2cccnc23)C(c2ccc(F)c(F)c2)C1C(=O)OC. The molecule has 1 aromatic heterocycles. The number of methoxy groups -OCH3 is 2. The van der Waals surface area contributed by atoms with E-state index < -0.39 is 47.7 Å². The Labute approximate surface area is 266 Å². The lowest BCUT2D eigenvalue weighted by Crippen LogP contribution is -2.64. The number of amides is 4. The second-order valence-corrected chi connectivity index (χ2v) is 12.0. The van der Waals surface area contributed by atoms with Crippen molar-refractivity contribution in [2.75, 3.05) is 47.0 Å². The highest BCUT2D eigenvalue weighted by Crippen LogP contribution is 2.52. The van der Waals surface area contributed by atoms with Crippen LogP contribution in [0.3, 0.4) is 0 Å². The van der Waals surface area contributed by atoms with E-state index in [0.717, 1.165) is 55.2 Å². The molecule has 3 aromatic rings. The number of halogens is 2. The van der Waals surface area contributed by atoms with Gasteiger partial charge in [0.2, 0.25) is 0 Å². The summed E-state index contributed by atoms with van der Waals surface area (Å²) in [5, 5.41) is 5.42. The quantitative estimate of drug-likeness (QED) is 0.280. The second-order valence-electron chi connectivity index (χ2n) is 12.0. The van der Waals surface area contributed by atoms with Crippen LogP contribution >= 0.6 is 0 Å². The summed E-state index contributed by atoms with van der Waals surface area (Å²) in [6.07, 6.45) is 4.35. The van der Waals surface area contributed by atoms with Crippen molar-refractivity contribution in [3.05, 3.63) is 89.2 Å². The zero-order valence-electron chi connectivity index (χ0n) is 25.8. The Morgan fingerprint density at radius 3 is 2.54 bits per heavy atom. The van der Waals surface area contributed by atoms with E-state index in [1.54, 1.807) is 0 Å². The fourth-order valence-corrected chi connectivity index (χ4v) is 7.36. The van der Waals surface area contributed by atoms with Crippen molar-refractivity contribution < 1.29 is 32.6 Å². The van der Waals surface area contributed by atoms with Gasteiger partial charge in [0.05, 0.1) is 31.5 Å². The van der Waals surface area contributed by atoms with Crippen LogP contribution in [0.15, 0.2) is 60.8 Å². The summed E-state index contributed by atoms with van der Waals surface area (Å²) in [6, 6.07) is 12.0. The van der Waals surface area contributed by atoms with E-state index >= 15 is 0 Å². The molecule has 242 valence electrons. The summed E-state index contributed by atoms with van der Waals surface area (Å²) < 4.78 is 38.4. The van der Waals surface area contributed by atoms with Crippen LogP contribution < -0.4 is 10.6 Å². The Kier molecular flexibility index (Phi) is 9.01. The minimum absolute atomic E-state index is 0.0640. The zero-order chi connectivity index (χ0) is 32.4. The Balaban J connectivity index is 1.11. The molecule has 3 atom stereocenters. The van der Waals surface area contributed by atoms with Crippen molar-refractivity contribution >= 4 is 18.0 Å². The van der Waals surface area contributed by atoms with E-state index in [0.29, 0.717) is 6.42 Å². The highest BCUT2D eigenvalue weighted by atomic mass is 19.2. The molecule has 0 saturated carbocycles. The summed E-state index contributed by atoms with van der Waals surface area (Å²) in [4.78, 5) is 47.7. The monoisotopic (exact) mass is 633 g/mol. The third-order valence-electron chi connectivity index (χ3n) is 9.53.